The largest absolute Gasteiger partial charge is 0.481 e. The van der Waals surface area contributed by atoms with E-state index in [4.69, 9.17) is 5.11 Å². The Kier molecular flexibility index (Phi) is 3.93. The van der Waals surface area contributed by atoms with Gasteiger partial charge < -0.3 is 10.0 Å². The Morgan fingerprint density at radius 3 is 2.64 bits per heavy atom. The summed E-state index contributed by atoms with van der Waals surface area (Å²) in [6, 6.07) is 0.423. The topological polar surface area (TPSA) is 40.5 Å². The van der Waals surface area contributed by atoms with E-state index in [0.29, 0.717) is 12.0 Å². The highest BCUT2D eigenvalue weighted by atomic mass is 16.4. The van der Waals surface area contributed by atoms with Crippen molar-refractivity contribution >= 4 is 5.97 Å². The molecular weight excluding hydrogens is 178 g/mol. The molecule has 0 bridgehead atoms. The Morgan fingerprint density at radius 2 is 2.21 bits per heavy atom. The number of rotatable bonds is 3. The van der Waals surface area contributed by atoms with Crippen LogP contribution in [0.1, 0.15) is 33.6 Å². The minimum Gasteiger partial charge on any atom is -0.481 e. The Balaban J connectivity index is 2.43. The lowest BCUT2D eigenvalue weighted by Gasteiger charge is -2.37. The van der Waals surface area contributed by atoms with Crippen LogP contribution in [0.25, 0.3) is 0 Å². The highest BCUT2D eigenvalue weighted by Gasteiger charge is 2.29. The van der Waals surface area contributed by atoms with Crippen molar-refractivity contribution in [2.75, 3.05) is 13.1 Å². The smallest absolute Gasteiger partial charge is 0.306 e. The lowest BCUT2D eigenvalue weighted by Crippen LogP contribution is -2.44. The van der Waals surface area contributed by atoms with Crippen LogP contribution in [0.15, 0.2) is 0 Å². The molecule has 0 amide bonds. The van der Waals surface area contributed by atoms with Gasteiger partial charge in [-0.05, 0) is 32.2 Å². The molecule has 2 atom stereocenters. The van der Waals surface area contributed by atoms with E-state index in [0.717, 1.165) is 25.9 Å². The van der Waals surface area contributed by atoms with Crippen LogP contribution in [-0.2, 0) is 4.79 Å². The summed E-state index contributed by atoms with van der Waals surface area (Å²) in [6.45, 7) is 8.58. The summed E-state index contributed by atoms with van der Waals surface area (Å²) in [5.41, 5.74) is 0. The molecule has 0 aliphatic carbocycles. The molecule has 0 aromatic rings. The molecule has 0 saturated carbocycles. The Morgan fingerprint density at radius 1 is 1.57 bits per heavy atom. The van der Waals surface area contributed by atoms with Crippen LogP contribution >= 0.6 is 0 Å². The zero-order valence-corrected chi connectivity index (χ0v) is 9.36. The van der Waals surface area contributed by atoms with Crippen LogP contribution in [0.5, 0.6) is 0 Å². The summed E-state index contributed by atoms with van der Waals surface area (Å²) in [5.74, 6) is -0.0757. The van der Waals surface area contributed by atoms with Crippen LogP contribution < -0.4 is 0 Å². The number of piperidine rings is 1. The predicted molar refractivity (Wildman–Crippen MR) is 56.2 cm³/mol. The Hall–Kier alpha value is -0.570. The first-order valence-corrected chi connectivity index (χ1v) is 5.47. The van der Waals surface area contributed by atoms with Gasteiger partial charge in [-0.1, -0.05) is 13.8 Å². The molecule has 0 spiro atoms. The standard InChI is InChI=1S/C11H21NO2/c1-8(2)7-12-5-4-10(11(13)14)6-9(12)3/h8-10H,4-7H2,1-3H3,(H,13,14). The van der Waals surface area contributed by atoms with Gasteiger partial charge in [0.15, 0.2) is 0 Å². The molecule has 1 N–H and O–H groups in total. The van der Waals surface area contributed by atoms with Crippen molar-refractivity contribution in [1.29, 1.82) is 0 Å². The fraction of sp³-hybridized carbons (Fsp3) is 0.909. The van der Waals surface area contributed by atoms with E-state index in [1.54, 1.807) is 0 Å². The molecule has 1 rings (SSSR count). The van der Waals surface area contributed by atoms with Crippen LogP contribution in [0.4, 0.5) is 0 Å². The van der Waals surface area contributed by atoms with E-state index >= 15 is 0 Å². The van der Waals surface area contributed by atoms with Crippen molar-refractivity contribution in [2.24, 2.45) is 11.8 Å². The van der Waals surface area contributed by atoms with Gasteiger partial charge in [0.25, 0.3) is 0 Å². The molecule has 82 valence electrons. The van der Waals surface area contributed by atoms with Gasteiger partial charge in [-0.3, -0.25) is 4.79 Å². The molecular formula is C11H21NO2. The van der Waals surface area contributed by atoms with Crippen molar-refractivity contribution in [3.63, 3.8) is 0 Å². The van der Waals surface area contributed by atoms with Crippen molar-refractivity contribution in [1.82, 2.24) is 4.90 Å². The van der Waals surface area contributed by atoms with Gasteiger partial charge in [0.05, 0.1) is 5.92 Å². The van der Waals surface area contributed by atoms with Crippen LogP contribution in [0.3, 0.4) is 0 Å². The minimum absolute atomic E-state index is 0.117. The molecule has 1 heterocycles. The summed E-state index contributed by atoms with van der Waals surface area (Å²) in [4.78, 5) is 13.2. The summed E-state index contributed by atoms with van der Waals surface area (Å²) < 4.78 is 0. The second kappa shape index (κ2) is 4.78. The normalized spacial score (nSPS) is 29.4. The van der Waals surface area contributed by atoms with E-state index in [-0.39, 0.29) is 5.92 Å². The average Bonchev–Trinajstić information content (AvgIpc) is 2.07. The number of hydrogen-bond acceptors (Lipinski definition) is 2. The third kappa shape index (κ3) is 2.98. The zero-order valence-electron chi connectivity index (χ0n) is 9.36. The Labute approximate surface area is 86.1 Å². The number of hydrogen-bond donors (Lipinski definition) is 1. The number of carboxylic acid groups (broad SMARTS) is 1. The molecule has 0 radical (unpaired) electrons. The summed E-state index contributed by atoms with van der Waals surface area (Å²) in [6.07, 6.45) is 1.62. The third-order valence-electron chi connectivity index (χ3n) is 2.96. The lowest BCUT2D eigenvalue weighted by molar-refractivity contribution is -0.144. The first-order valence-electron chi connectivity index (χ1n) is 5.47. The fourth-order valence-electron chi connectivity index (χ4n) is 2.19. The zero-order chi connectivity index (χ0) is 10.7. The quantitative estimate of drug-likeness (QED) is 0.754. The number of nitrogens with zero attached hydrogens (tertiary/aromatic N) is 1. The predicted octanol–water partition coefficient (Wildman–Crippen LogP) is 1.83. The molecule has 1 aliphatic heterocycles. The van der Waals surface area contributed by atoms with Gasteiger partial charge in [-0.25, -0.2) is 0 Å². The van der Waals surface area contributed by atoms with Gasteiger partial charge in [-0.2, -0.15) is 0 Å². The van der Waals surface area contributed by atoms with Crippen LogP contribution in [0, 0.1) is 11.8 Å². The lowest BCUT2D eigenvalue weighted by atomic mass is 9.91. The van der Waals surface area contributed by atoms with Gasteiger partial charge in [0.2, 0.25) is 0 Å². The molecule has 0 aromatic carbocycles. The highest BCUT2D eigenvalue weighted by Crippen LogP contribution is 2.23. The Bertz CT molecular complexity index is 203. The fourth-order valence-corrected chi connectivity index (χ4v) is 2.19. The summed E-state index contributed by atoms with van der Waals surface area (Å²) in [7, 11) is 0. The van der Waals surface area contributed by atoms with Gasteiger partial charge >= 0.3 is 5.97 Å². The van der Waals surface area contributed by atoms with E-state index in [2.05, 4.69) is 25.7 Å². The summed E-state index contributed by atoms with van der Waals surface area (Å²) >= 11 is 0. The number of likely N-dealkylation sites (tertiary alicyclic amines) is 1. The maximum atomic E-state index is 10.8. The monoisotopic (exact) mass is 199 g/mol. The van der Waals surface area contributed by atoms with E-state index < -0.39 is 5.97 Å². The maximum Gasteiger partial charge on any atom is 0.306 e. The molecule has 3 heteroatoms. The molecule has 1 saturated heterocycles. The van der Waals surface area contributed by atoms with E-state index in [9.17, 15) is 4.79 Å². The van der Waals surface area contributed by atoms with Crippen LogP contribution in [0.2, 0.25) is 0 Å². The van der Waals surface area contributed by atoms with E-state index in [1.807, 2.05) is 0 Å². The van der Waals surface area contributed by atoms with Gasteiger partial charge in [0.1, 0.15) is 0 Å². The van der Waals surface area contributed by atoms with Crippen molar-refractivity contribution in [3.8, 4) is 0 Å². The first-order chi connectivity index (χ1) is 6.50. The molecule has 2 unspecified atom stereocenters. The van der Waals surface area contributed by atoms with Crippen molar-refractivity contribution < 1.29 is 9.90 Å². The highest BCUT2D eigenvalue weighted by molar-refractivity contribution is 5.70. The molecule has 1 aliphatic rings. The van der Waals surface area contributed by atoms with Crippen molar-refractivity contribution in [3.05, 3.63) is 0 Å². The van der Waals surface area contributed by atoms with Crippen molar-refractivity contribution in [2.45, 2.75) is 39.7 Å². The third-order valence-corrected chi connectivity index (χ3v) is 2.96. The number of carboxylic acids is 1. The molecule has 0 aromatic heterocycles. The molecule has 3 nitrogen and oxygen atoms in total. The second-order valence-electron chi connectivity index (χ2n) is 4.80. The minimum atomic E-state index is -0.624. The first kappa shape index (κ1) is 11.5. The molecule has 1 fully saturated rings. The van der Waals surface area contributed by atoms with Gasteiger partial charge in [0, 0.05) is 12.6 Å². The SMILES string of the molecule is CC(C)CN1CCC(C(=O)O)CC1C. The number of aliphatic carboxylic acids is 1. The average molecular weight is 199 g/mol. The van der Waals surface area contributed by atoms with Gasteiger partial charge in [-0.15, -0.1) is 0 Å². The van der Waals surface area contributed by atoms with Crippen LogP contribution in [-0.4, -0.2) is 35.1 Å². The van der Waals surface area contributed by atoms with E-state index in [1.165, 1.54) is 0 Å². The maximum absolute atomic E-state index is 10.8. The summed E-state index contributed by atoms with van der Waals surface area (Å²) in [5, 5.41) is 8.91. The second-order valence-corrected chi connectivity index (χ2v) is 4.80. The number of carbonyl (C=O) groups is 1. The molecule has 14 heavy (non-hydrogen) atoms.